The molecule has 1 aliphatic heterocycles. The molecule has 2 heterocycles. The molecule has 1 saturated heterocycles. The maximum Gasteiger partial charge on any atom is 0.232 e. The first-order chi connectivity index (χ1) is 14.9. The largest absolute Gasteiger partial charge is 0.497 e. The molecule has 1 aromatic carbocycles. The molecule has 0 aliphatic carbocycles. The summed E-state index contributed by atoms with van der Waals surface area (Å²) in [6.45, 7) is 10.5. The van der Waals surface area contributed by atoms with Gasteiger partial charge in [0, 0.05) is 32.1 Å². The van der Waals surface area contributed by atoms with Crippen LogP contribution in [0.15, 0.2) is 33.8 Å². The van der Waals surface area contributed by atoms with Crippen LogP contribution in [0.25, 0.3) is 0 Å². The minimum absolute atomic E-state index is 0.172. The van der Waals surface area contributed by atoms with Crippen LogP contribution in [-0.4, -0.2) is 68.0 Å². The summed E-state index contributed by atoms with van der Waals surface area (Å²) >= 11 is 0. The van der Waals surface area contributed by atoms with Gasteiger partial charge in [0.05, 0.1) is 32.9 Å². The Morgan fingerprint density at radius 2 is 1.90 bits per heavy atom. The predicted octanol–water partition coefficient (Wildman–Crippen LogP) is 2.11. The Morgan fingerprint density at radius 1 is 1.19 bits per heavy atom. The zero-order valence-corrected chi connectivity index (χ0v) is 19.1. The van der Waals surface area contributed by atoms with E-state index in [9.17, 15) is 0 Å². The van der Waals surface area contributed by atoms with Gasteiger partial charge in [-0.1, -0.05) is 38.1 Å². The molecule has 0 radical (unpaired) electrons. The zero-order chi connectivity index (χ0) is 22.3. The van der Waals surface area contributed by atoms with E-state index < -0.39 is 0 Å². The highest BCUT2D eigenvalue weighted by Gasteiger charge is 2.24. The van der Waals surface area contributed by atoms with E-state index in [1.54, 1.807) is 14.2 Å². The van der Waals surface area contributed by atoms with Crippen LogP contribution >= 0.6 is 0 Å². The Bertz CT molecular complexity index is 838. The van der Waals surface area contributed by atoms with Gasteiger partial charge in [0.15, 0.2) is 11.8 Å². The fourth-order valence-electron chi connectivity index (χ4n) is 3.38. The van der Waals surface area contributed by atoms with Crippen molar-refractivity contribution in [3.05, 3.63) is 41.5 Å². The fraction of sp³-hybridized carbons (Fsp3) is 0.591. The topological polar surface area (TPSA) is 97.0 Å². The van der Waals surface area contributed by atoms with Gasteiger partial charge in [-0.2, -0.15) is 4.98 Å². The molecular weight excluding hydrogens is 396 g/mol. The average Bonchev–Trinajstić information content (AvgIpc) is 3.27. The lowest BCUT2D eigenvalue weighted by Gasteiger charge is -2.35. The molecule has 3 rings (SSSR count). The quantitative estimate of drug-likeness (QED) is 0.509. The molecule has 1 unspecified atom stereocenters. The summed E-state index contributed by atoms with van der Waals surface area (Å²) in [5.74, 6) is 2.77. The molecule has 0 amide bonds. The van der Waals surface area contributed by atoms with Crippen LogP contribution < -0.4 is 15.4 Å². The normalized spacial score (nSPS) is 16.7. The van der Waals surface area contributed by atoms with Gasteiger partial charge in [-0.25, -0.2) is 0 Å². The van der Waals surface area contributed by atoms with Crippen molar-refractivity contribution in [1.29, 1.82) is 0 Å². The van der Waals surface area contributed by atoms with Gasteiger partial charge >= 0.3 is 0 Å². The van der Waals surface area contributed by atoms with E-state index in [0.29, 0.717) is 30.8 Å². The second-order valence-electron chi connectivity index (χ2n) is 8.51. The number of ether oxygens (including phenoxy) is 2. The summed E-state index contributed by atoms with van der Waals surface area (Å²) in [6, 6.07) is 8.41. The van der Waals surface area contributed by atoms with Gasteiger partial charge < -0.3 is 24.6 Å². The highest BCUT2D eigenvalue weighted by molar-refractivity contribution is 5.79. The SMILES string of the molecule is CN=C(NCc1noc(C(C)(C)C)n1)NCC(c1ccc(OC)cc1)N1CCOCC1. The Kier molecular flexibility index (Phi) is 7.86. The van der Waals surface area contributed by atoms with E-state index in [1.165, 1.54) is 5.56 Å². The van der Waals surface area contributed by atoms with Gasteiger partial charge in [0.1, 0.15) is 5.75 Å². The minimum Gasteiger partial charge on any atom is -0.497 e. The van der Waals surface area contributed by atoms with Gasteiger partial charge in [0.25, 0.3) is 0 Å². The van der Waals surface area contributed by atoms with Gasteiger partial charge in [-0.3, -0.25) is 9.89 Å². The van der Waals surface area contributed by atoms with E-state index in [0.717, 1.165) is 32.1 Å². The van der Waals surface area contributed by atoms with Gasteiger partial charge in [-0.05, 0) is 17.7 Å². The molecule has 9 heteroatoms. The Balaban J connectivity index is 1.62. The molecule has 9 nitrogen and oxygen atoms in total. The number of aliphatic imine (C=N–C) groups is 1. The van der Waals surface area contributed by atoms with Crippen molar-refractivity contribution >= 4 is 5.96 Å². The smallest absolute Gasteiger partial charge is 0.232 e. The van der Waals surface area contributed by atoms with E-state index in [-0.39, 0.29) is 11.5 Å². The second-order valence-corrected chi connectivity index (χ2v) is 8.51. The van der Waals surface area contributed by atoms with E-state index in [1.807, 2.05) is 32.9 Å². The number of nitrogens with one attached hydrogen (secondary N) is 2. The van der Waals surface area contributed by atoms with Crippen LogP contribution in [0.3, 0.4) is 0 Å². The van der Waals surface area contributed by atoms with Crippen molar-refractivity contribution in [1.82, 2.24) is 25.7 Å². The fourth-order valence-corrected chi connectivity index (χ4v) is 3.38. The van der Waals surface area contributed by atoms with Crippen molar-refractivity contribution in [3.8, 4) is 5.75 Å². The third kappa shape index (κ3) is 6.41. The van der Waals surface area contributed by atoms with Crippen molar-refractivity contribution in [2.45, 2.75) is 38.8 Å². The lowest BCUT2D eigenvalue weighted by Crippen LogP contribution is -2.46. The maximum atomic E-state index is 5.54. The lowest BCUT2D eigenvalue weighted by atomic mass is 9.97. The number of nitrogens with zero attached hydrogens (tertiary/aromatic N) is 4. The van der Waals surface area contributed by atoms with E-state index in [4.69, 9.17) is 14.0 Å². The molecule has 0 saturated carbocycles. The Morgan fingerprint density at radius 3 is 2.48 bits per heavy atom. The monoisotopic (exact) mass is 430 g/mol. The van der Waals surface area contributed by atoms with Crippen molar-refractivity contribution in [2.24, 2.45) is 4.99 Å². The predicted molar refractivity (Wildman–Crippen MR) is 119 cm³/mol. The number of hydrogen-bond acceptors (Lipinski definition) is 7. The number of benzene rings is 1. The van der Waals surface area contributed by atoms with Crippen LogP contribution in [0.1, 0.15) is 44.1 Å². The third-order valence-electron chi connectivity index (χ3n) is 5.20. The van der Waals surface area contributed by atoms with Crippen molar-refractivity contribution in [3.63, 3.8) is 0 Å². The third-order valence-corrected chi connectivity index (χ3v) is 5.20. The number of hydrogen-bond donors (Lipinski definition) is 2. The number of aromatic nitrogens is 2. The molecule has 1 aliphatic rings. The lowest BCUT2D eigenvalue weighted by molar-refractivity contribution is 0.0170. The van der Waals surface area contributed by atoms with E-state index >= 15 is 0 Å². The van der Waals surface area contributed by atoms with Gasteiger partial charge in [0.2, 0.25) is 5.89 Å². The first-order valence-corrected chi connectivity index (χ1v) is 10.6. The summed E-state index contributed by atoms with van der Waals surface area (Å²) in [5.41, 5.74) is 1.05. The summed E-state index contributed by atoms with van der Waals surface area (Å²) in [7, 11) is 3.43. The number of morpholine rings is 1. The molecule has 2 N–H and O–H groups in total. The zero-order valence-electron chi connectivity index (χ0n) is 19.1. The standard InChI is InChI=1S/C22H34N6O3/c1-22(2,3)20-26-19(27-31-20)15-25-21(23-4)24-14-18(28-10-12-30-13-11-28)16-6-8-17(29-5)9-7-16/h6-9,18H,10-15H2,1-5H3,(H2,23,24,25). The number of guanidine groups is 1. The van der Waals surface area contributed by atoms with Gasteiger partial charge in [-0.15, -0.1) is 0 Å². The van der Waals surface area contributed by atoms with Crippen molar-refractivity contribution in [2.75, 3.05) is 47.0 Å². The first kappa shape index (κ1) is 23.0. The van der Waals surface area contributed by atoms with Crippen molar-refractivity contribution < 1.29 is 14.0 Å². The Labute approximate surface area is 184 Å². The number of methoxy groups -OCH3 is 1. The van der Waals surface area contributed by atoms with E-state index in [2.05, 4.69) is 42.8 Å². The molecule has 1 fully saturated rings. The molecule has 1 aromatic heterocycles. The molecule has 1 atom stereocenters. The molecule has 2 aromatic rings. The highest BCUT2D eigenvalue weighted by Crippen LogP contribution is 2.24. The summed E-state index contributed by atoms with van der Waals surface area (Å²) in [6.07, 6.45) is 0. The summed E-state index contributed by atoms with van der Waals surface area (Å²) < 4.78 is 16.2. The summed E-state index contributed by atoms with van der Waals surface area (Å²) in [4.78, 5) is 11.2. The van der Waals surface area contributed by atoms with Crippen LogP contribution in [0.5, 0.6) is 5.75 Å². The van der Waals surface area contributed by atoms with Crippen LogP contribution in [0.4, 0.5) is 0 Å². The molecular formula is C22H34N6O3. The highest BCUT2D eigenvalue weighted by atomic mass is 16.5. The molecule has 170 valence electrons. The van der Waals surface area contributed by atoms with Crippen LogP contribution in [0.2, 0.25) is 0 Å². The maximum absolute atomic E-state index is 5.54. The summed E-state index contributed by atoms with van der Waals surface area (Å²) in [5, 5.41) is 10.8. The minimum atomic E-state index is -0.172. The van der Waals surface area contributed by atoms with Crippen LogP contribution in [0, 0.1) is 0 Å². The molecule has 0 bridgehead atoms. The average molecular weight is 431 g/mol. The second kappa shape index (κ2) is 10.6. The molecule has 0 spiro atoms. The first-order valence-electron chi connectivity index (χ1n) is 10.6. The Hall–Kier alpha value is -2.65. The molecule has 31 heavy (non-hydrogen) atoms. The van der Waals surface area contributed by atoms with Crippen LogP contribution in [-0.2, 0) is 16.7 Å². The number of rotatable bonds is 7.